The Morgan fingerprint density at radius 1 is 1.60 bits per heavy atom. The van der Waals surface area contributed by atoms with Crippen molar-refractivity contribution in [2.24, 2.45) is 0 Å². The number of hydrogen-bond acceptors (Lipinski definition) is 2. The number of halogens is 3. The molecule has 0 spiro atoms. The lowest BCUT2D eigenvalue weighted by Crippen LogP contribution is -2.40. The second kappa shape index (κ2) is 6.33. The molecule has 1 aromatic rings. The van der Waals surface area contributed by atoms with Gasteiger partial charge in [-0.2, -0.15) is 0 Å². The van der Waals surface area contributed by atoms with Crippen LogP contribution < -0.4 is 10.6 Å². The molecule has 0 aliphatic carbocycles. The molecule has 0 aromatic heterocycles. The average Bonchev–Trinajstić information content (AvgIpc) is 2.86. The van der Waals surface area contributed by atoms with Crippen molar-refractivity contribution in [1.82, 2.24) is 10.6 Å². The van der Waals surface area contributed by atoms with Gasteiger partial charge in [0.15, 0.2) is 0 Å². The van der Waals surface area contributed by atoms with Crippen LogP contribution >= 0.6 is 11.6 Å². The van der Waals surface area contributed by atoms with Crippen LogP contribution in [-0.4, -0.2) is 24.7 Å². The van der Waals surface area contributed by atoms with Crippen molar-refractivity contribution in [3.8, 4) is 0 Å². The molecule has 1 aromatic carbocycles. The number of carbonyl (C=O) groups excluding carboxylic acids is 1. The first-order valence-electron chi connectivity index (χ1n) is 6.26. The summed E-state index contributed by atoms with van der Waals surface area (Å²) in [5.74, 6) is -0.912. The van der Waals surface area contributed by atoms with Crippen molar-refractivity contribution in [1.29, 1.82) is 0 Å². The van der Waals surface area contributed by atoms with Gasteiger partial charge in [-0.1, -0.05) is 24.3 Å². The highest BCUT2D eigenvalue weighted by molar-refractivity contribution is 6.31. The fourth-order valence-electron chi connectivity index (χ4n) is 2.11. The van der Waals surface area contributed by atoms with E-state index < -0.39 is 18.0 Å². The van der Waals surface area contributed by atoms with Crippen molar-refractivity contribution in [2.75, 3.05) is 6.54 Å². The van der Waals surface area contributed by atoms with E-state index in [1.807, 2.05) is 0 Å². The second-order valence-electron chi connectivity index (χ2n) is 4.69. The van der Waals surface area contributed by atoms with Crippen molar-refractivity contribution in [3.63, 3.8) is 0 Å². The second-order valence-corrected chi connectivity index (χ2v) is 5.10. The predicted octanol–water partition coefficient (Wildman–Crippen LogP) is 2.44. The van der Waals surface area contributed by atoms with Crippen LogP contribution in [0.15, 0.2) is 18.7 Å². The highest BCUT2D eigenvalue weighted by atomic mass is 35.5. The van der Waals surface area contributed by atoms with E-state index in [-0.39, 0.29) is 36.0 Å². The van der Waals surface area contributed by atoms with Gasteiger partial charge < -0.3 is 10.6 Å². The van der Waals surface area contributed by atoms with E-state index >= 15 is 0 Å². The molecule has 0 bridgehead atoms. The first-order chi connectivity index (χ1) is 9.51. The minimum absolute atomic E-state index is 0.00119. The van der Waals surface area contributed by atoms with Crippen LogP contribution in [0.5, 0.6) is 0 Å². The molecule has 20 heavy (non-hydrogen) atoms. The van der Waals surface area contributed by atoms with E-state index in [2.05, 4.69) is 17.2 Å². The minimum Gasteiger partial charge on any atom is -0.351 e. The van der Waals surface area contributed by atoms with Gasteiger partial charge in [0, 0.05) is 25.1 Å². The highest BCUT2D eigenvalue weighted by Crippen LogP contribution is 2.21. The molecule has 0 unspecified atom stereocenters. The highest BCUT2D eigenvalue weighted by Gasteiger charge is 2.29. The SMILES string of the molecule is C=Cc1cc(Cl)c(F)c(CNC(=O)[C@@H]2C[C@@H](F)CN2)c1. The van der Waals surface area contributed by atoms with Gasteiger partial charge in [0.1, 0.15) is 12.0 Å². The summed E-state index contributed by atoms with van der Waals surface area (Å²) in [7, 11) is 0. The fourth-order valence-corrected chi connectivity index (χ4v) is 2.36. The van der Waals surface area contributed by atoms with E-state index in [0.29, 0.717) is 5.56 Å². The van der Waals surface area contributed by atoms with Crippen molar-refractivity contribution in [3.05, 3.63) is 40.7 Å². The molecule has 1 amide bonds. The third-order valence-electron chi connectivity index (χ3n) is 3.21. The summed E-state index contributed by atoms with van der Waals surface area (Å²) in [6.07, 6.45) is 0.672. The molecule has 0 saturated carbocycles. The number of hydrogen-bond donors (Lipinski definition) is 2. The molecular formula is C14H15ClF2N2O. The van der Waals surface area contributed by atoms with Crippen LogP contribution in [0, 0.1) is 5.82 Å². The lowest BCUT2D eigenvalue weighted by atomic mass is 10.1. The topological polar surface area (TPSA) is 41.1 Å². The summed E-state index contributed by atoms with van der Waals surface area (Å²) in [6.45, 7) is 3.76. The molecule has 2 rings (SSSR count). The third-order valence-corrected chi connectivity index (χ3v) is 3.48. The summed E-state index contributed by atoms with van der Waals surface area (Å²) >= 11 is 5.76. The molecule has 1 aliphatic heterocycles. The van der Waals surface area contributed by atoms with E-state index in [1.165, 1.54) is 6.07 Å². The van der Waals surface area contributed by atoms with Gasteiger partial charge in [0.2, 0.25) is 5.91 Å². The standard InChI is InChI=1S/C14H15ClF2N2O/c1-2-8-3-9(13(17)11(15)4-8)6-19-14(20)12-5-10(16)7-18-12/h2-4,10,12,18H,1,5-7H2,(H,19,20)/t10-,12+/m1/s1. The number of benzene rings is 1. The maximum absolute atomic E-state index is 13.8. The molecule has 1 heterocycles. The molecule has 2 atom stereocenters. The van der Waals surface area contributed by atoms with Crippen LogP contribution in [0.4, 0.5) is 8.78 Å². The quantitative estimate of drug-likeness (QED) is 0.897. The first kappa shape index (κ1) is 14.9. The Bertz CT molecular complexity index is 536. The van der Waals surface area contributed by atoms with E-state index in [1.54, 1.807) is 12.1 Å². The lowest BCUT2D eigenvalue weighted by molar-refractivity contribution is -0.123. The molecule has 1 saturated heterocycles. The van der Waals surface area contributed by atoms with E-state index in [9.17, 15) is 13.6 Å². The Kier molecular flexibility index (Phi) is 4.73. The maximum atomic E-state index is 13.8. The van der Waals surface area contributed by atoms with Gasteiger partial charge in [-0.25, -0.2) is 8.78 Å². The summed E-state index contributed by atoms with van der Waals surface area (Å²) in [6, 6.07) is 2.46. The number of alkyl halides is 1. The Balaban J connectivity index is 2.02. The Hall–Kier alpha value is -1.46. The van der Waals surface area contributed by atoms with Gasteiger partial charge in [-0.3, -0.25) is 4.79 Å². The minimum atomic E-state index is -1.01. The molecule has 2 N–H and O–H groups in total. The Morgan fingerprint density at radius 3 is 2.95 bits per heavy atom. The number of nitrogens with one attached hydrogen (secondary N) is 2. The zero-order valence-electron chi connectivity index (χ0n) is 10.8. The van der Waals surface area contributed by atoms with Crippen molar-refractivity contribution < 1.29 is 13.6 Å². The van der Waals surface area contributed by atoms with Gasteiger partial charge >= 0.3 is 0 Å². The third kappa shape index (κ3) is 3.35. The number of amides is 1. The zero-order chi connectivity index (χ0) is 14.7. The number of rotatable bonds is 4. The van der Waals surface area contributed by atoms with Crippen LogP contribution in [0.1, 0.15) is 17.5 Å². The van der Waals surface area contributed by atoms with Gasteiger partial charge in [0.05, 0.1) is 11.1 Å². The van der Waals surface area contributed by atoms with Gasteiger partial charge in [-0.05, 0) is 17.7 Å². The van der Waals surface area contributed by atoms with E-state index in [4.69, 9.17) is 11.6 Å². The summed E-state index contributed by atoms with van der Waals surface area (Å²) in [5, 5.41) is 5.33. The van der Waals surface area contributed by atoms with Gasteiger partial charge in [-0.15, -0.1) is 0 Å². The number of carbonyl (C=O) groups is 1. The average molecular weight is 301 g/mol. The summed E-state index contributed by atoms with van der Waals surface area (Å²) in [5.41, 5.74) is 0.944. The zero-order valence-corrected chi connectivity index (χ0v) is 11.5. The fraction of sp³-hybridized carbons (Fsp3) is 0.357. The van der Waals surface area contributed by atoms with Crippen LogP contribution in [0.25, 0.3) is 6.08 Å². The normalized spacial score (nSPS) is 21.8. The molecule has 0 radical (unpaired) electrons. The molecular weight excluding hydrogens is 286 g/mol. The predicted molar refractivity (Wildman–Crippen MR) is 74.7 cm³/mol. The molecule has 1 fully saturated rings. The van der Waals surface area contributed by atoms with E-state index in [0.717, 1.165) is 0 Å². The summed E-state index contributed by atoms with van der Waals surface area (Å²) in [4.78, 5) is 11.8. The summed E-state index contributed by atoms with van der Waals surface area (Å²) < 4.78 is 26.8. The largest absolute Gasteiger partial charge is 0.351 e. The monoisotopic (exact) mass is 300 g/mol. The van der Waals surface area contributed by atoms with Crippen LogP contribution in [0.2, 0.25) is 5.02 Å². The molecule has 6 heteroatoms. The maximum Gasteiger partial charge on any atom is 0.237 e. The first-order valence-corrected chi connectivity index (χ1v) is 6.64. The molecule has 1 aliphatic rings. The van der Waals surface area contributed by atoms with Crippen molar-refractivity contribution >= 4 is 23.6 Å². The van der Waals surface area contributed by atoms with Crippen LogP contribution in [-0.2, 0) is 11.3 Å². The van der Waals surface area contributed by atoms with Gasteiger partial charge in [0.25, 0.3) is 0 Å². The lowest BCUT2D eigenvalue weighted by Gasteiger charge is -2.12. The van der Waals surface area contributed by atoms with Crippen molar-refractivity contribution in [2.45, 2.75) is 25.2 Å². The Labute approximate surface area is 121 Å². The molecule has 108 valence electrons. The van der Waals surface area contributed by atoms with Crippen LogP contribution in [0.3, 0.4) is 0 Å². The Morgan fingerprint density at radius 2 is 2.35 bits per heavy atom. The molecule has 3 nitrogen and oxygen atoms in total. The smallest absolute Gasteiger partial charge is 0.237 e.